The van der Waals surface area contributed by atoms with Gasteiger partial charge in [-0.2, -0.15) is 0 Å². The van der Waals surface area contributed by atoms with Crippen LogP contribution in [0.25, 0.3) is 0 Å². The van der Waals surface area contributed by atoms with Gasteiger partial charge in [-0.25, -0.2) is 4.57 Å². The summed E-state index contributed by atoms with van der Waals surface area (Å²) in [6.07, 6.45) is 0.876. The lowest BCUT2D eigenvalue weighted by Gasteiger charge is -2.17. The van der Waals surface area contributed by atoms with Crippen LogP contribution in [0.15, 0.2) is 0 Å². The van der Waals surface area contributed by atoms with E-state index in [1.165, 1.54) is 0 Å². The Bertz CT molecular complexity index is 309. The molecule has 2 atom stereocenters. The number of ether oxygens (including phenoxy) is 1. The number of carboxylic acids is 1. The van der Waals surface area contributed by atoms with E-state index in [1.807, 2.05) is 0 Å². The van der Waals surface area contributed by atoms with Crippen molar-refractivity contribution in [3.8, 4) is 0 Å². The summed E-state index contributed by atoms with van der Waals surface area (Å²) in [6.45, 7) is 1.50. The van der Waals surface area contributed by atoms with Crippen LogP contribution in [0, 0.1) is 0 Å². The molecule has 0 fully saturated rings. The van der Waals surface area contributed by atoms with E-state index < -0.39 is 19.9 Å². The van der Waals surface area contributed by atoms with Gasteiger partial charge in [-0.3, -0.25) is 13.8 Å². The fourth-order valence-electron chi connectivity index (χ4n) is 1.20. The molecule has 0 aromatic heterocycles. The summed E-state index contributed by atoms with van der Waals surface area (Å²) in [5, 5.41) is 17.5. The third kappa shape index (κ3) is 11.3. The Morgan fingerprint density at radius 1 is 1.25 bits per heavy atom. The van der Waals surface area contributed by atoms with Crippen LogP contribution in [-0.4, -0.2) is 53.6 Å². The van der Waals surface area contributed by atoms with Crippen LogP contribution >= 0.6 is 7.82 Å². The van der Waals surface area contributed by atoms with Crippen LogP contribution in [0.1, 0.15) is 32.6 Å². The van der Waals surface area contributed by atoms with Crippen LogP contribution in [0.5, 0.6) is 0 Å². The van der Waals surface area contributed by atoms with Crippen molar-refractivity contribution >= 4 is 13.8 Å². The molecule has 8 nitrogen and oxygen atoms in total. The highest BCUT2D eigenvalue weighted by molar-refractivity contribution is 7.47. The molecule has 20 heavy (non-hydrogen) atoms. The minimum absolute atomic E-state index is 0.0559. The zero-order valence-electron chi connectivity index (χ0n) is 11.6. The van der Waals surface area contributed by atoms with Crippen molar-refractivity contribution < 1.29 is 38.3 Å². The number of phosphoric ester groups is 1. The molecule has 0 bridgehead atoms. The number of rotatable bonds is 13. The highest BCUT2D eigenvalue weighted by Gasteiger charge is 2.22. The molecule has 0 saturated carbocycles. The van der Waals surface area contributed by atoms with Crippen LogP contribution in [0.2, 0.25) is 0 Å². The second kappa shape index (κ2) is 11.2. The topological polar surface area (TPSA) is 123 Å². The number of phosphoric acid groups is 1. The smallest absolute Gasteiger partial charge is 0.472 e. The van der Waals surface area contributed by atoms with Gasteiger partial charge in [0.15, 0.2) is 0 Å². The average Bonchev–Trinajstić information content (AvgIpc) is 2.39. The number of aliphatic carboxylic acids is 1. The number of carbonyl (C=O) groups is 1. The van der Waals surface area contributed by atoms with Crippen LogP contribution in [-0.2, 0) is 23.1 Å². The van der Waals surface area contributed by atoms with Crippen molar-refractivity contribution in [3.63, 3.8) is 0 Å². The zero-order valence-corrected chi connectivity index (χ0v) is 12.5. The summed E-state index contributed by atoms with van der Waals surface area (Å²) >= 11 is 0. The van der Waals surface area contributed by atoms with Gasteiger partial charge in [-0.15, -0.1) is 0 Å². The molecule has 2 unspecified atom stereocenters. The Labute approximate surface area is 118 Å². The molecule has 120 valence electrons. The quantitative estimate of drug-likeness (QED) is 0.342. The highest BCUT2D eigenvalue weighted by atomic mass is 31.2. The van der Waals surface area contributed by atoms with E-state index in [1.54, 1.807) is 6.92 Å². The monoisotopic (exact) mass is 314 g/mol. The van der Waals surface area contributed by atoms with Crippen LogP contribution in [0.4, 0.5) is 0 Å². The summed E-state index contributed by atoms with van der Waals surface area (Å²) in [4.78, 5) is 19.5. The van der Waals surface area contributed by atoms with E-state index in [0.717, 1.165) is 0 Å². The van der Waals surface area contributed by atoms with Gasteiger partial charge in [-0.05, 0) is 19.3 Å². The Hall–Kier alpha value is -0.500. The number of hydrogen-bond donors (Lipinski definition) is 3. The van der Waals surface area contributed by atoms with Gasteiger partial charge in [0.25, 0.3) is 0 Å². The number of aliphatic hydroxyl groups excluding tert-OH is 1. The second-order valence-corrected chi connectivity index (χ2v) is 5.58. The summed E-state index contributed by atoms with van der Waals surface area (Å²) in [6, 6.07) is 0. The maximum Gasteiger partial charge on any atom is 0.472 e. The molecule has 0 amide bonds. The number of aliphatic hydroxyl groups is 1. The van der Waals surface area contributed by atoms with Gasteiger partial charge in [-0.1, -0.05) is 6.92 Å². The third-order valence-electron chi connectivity index (χ3n) is 2.22. The Morgan fingerprint density at radius 3 is 2.50 bits per heavy atom. The first-order valence-corrected chi connectivity index (χ1v) is 7.97. The largest absolute Gasteiger partial charge is 0.481 e. The van der Waals surface area contributed by atoms with Crippen molar-refractivity contribution in [2.24, 2.45) is 0 Å². The molecule has 0 aromatic rings. The molecule has 9 heteroatoms. The number of unbranched alkanes of at least 4 members (excludes halogenated alkanes) is 1. The number of carboxylic acid groups (broad SMARTS) is 1. The fraction of sp³-hybridized carbons (Fsp3) is 0.909. The van der Waals surface area contributed by atoms with Crippen LogP contribution in [0.3, 0.4) is 0 Å². The molecule has 3 N–H and O–H groups in total. The van der Waals surface area contributed by atoms with E-state index in [2.05, 4.69) is 9.05 Å². The minimum Gasteiger partial charge on any atom is -0.481 e. The van der Waals surface area contributed by atoms with Gasteiger partial charge in [0.05, 0.1) is 19.8 Å². The lowest BCUT2D eigenvalue weighted by molar-refractivity contribution is -0.137. The van der Waals surface area contributed by atoms with Crippen molar-refractivity contribution in [2.45, 2.75) is 38.7 Å². The van der Waals surface area contributed by atoms with Gasteiger partial charge in [0, 0.05) is 13.0 Å². The van der Waals surface area contributed by atoms with E-state index in [0.29, 0.717) is 19.3 Å². The van der Waals surface area contributed by atoms with Crippen molar-refractivity contribution in [1.82, 2.24) is 0 Å². The Balaban J connectivity index is 3.80. The first kappa shape index (κ1) is 19.5. The molecule has 0 aliphatic carbocycles. The molecule has 0 radical (unpaired) electrons. The lowest BCUT2D eigenvalue weighted by atomic mass is 10.2. The SMILES string of the molecule is CCCOP(=O)(O)OCC(CO)OCCCCC(=O)O. The van der Waals surface area contributed by atoms with Gasteiger partial charge < -0.3 is 19.8 Å². The summed E-state index contributed by atoms with van der Waals surface area (Å²) in [7, 11) is -4.10. The molecule has 0 aliphatic rings. The Kier molecular flexibility index (Phi) is 10.9. The molecule has 0 rings (SSSR count). The van der Waals surface area contributed by atoms with Crippen molar-refractivity contribution in [3.05, 3.63) is 0 Å². The third-order valence-corrected chi connectivity index (χ3v) is 3.21. The summed E-state index contributed by atoms with van der Waals surface area (Å²) in [5.41, 5.74) is 0. The highest BCUT2D eigenvalue weighted by Crippen LogP contribution is 2.43. The first-order chi connectivity index (χ1) is 9.41. The van der Waals surface area contributed by atoms with E-state index in [-0.39, 0.29) is 32.8 Å². The molecule has 0 aromatic carbocycles. The fourth-order valence-corrected chi connectivity index (χ4v) is 2.05. The maximum absolute atomic E-state index is 11.4. The second-order valence-electron chi connectivity index (χ2n) is 4.12. The molecule has 0 heterocycles. The van der Waals surface area contributed by atoms with Crippen molar-refractivity contribution in [1.29, 1.82) is 0 Å². The predicted molar refractivity (Wildman–Crippen MR) is 70.3 cm³/mol. The standard InChI is InChI=1S/C11H23O8P/c1-2-6-18-20(15,16)19-9-10(8-12)17-7-4-3-5-11(13)14/h10,12H,2-9H2,1H3,(H,13,14)(H,15,16). The normalized spacial score (nSPS) is 15.8. The van der Waals surface area contributed by atoms with Crippen LogP contribution < -0.4 is 0 Å². The first-order valence-electron chi connectivity index (χ1n) is 6.47. The Morgan fingerprint density at radius 2 is 1.95 bits per heavy atom. The van der Waals surface area contributed by atoms with E-state index in [4.69, 9.17) is 14.9 Å². The van der Waals surface area contributed by atoms with E-state index >= 15 is 0 Å². The molecular formula is C11H23O8P. The molecule has 0 saturated heterocycles. The average molecular weight is 314 g/mol. The molecular weight excluding hydrogens is 291 g/mol. The summed E-state index contributed by atoms with van der Waals surface area (Å²) in [5.74, 6) is -0.874. The minimum atomic E-state index is -4.10. The van der Waals surface area contributed by atoms with E-state index in [9.17, 15) is 14.3 Å². The lowest BCUT2D eigenvalue weighted by Crippen LogP contribution is -2.24. The molecule has 0 aliphatic heterocycles. The predicted octanol–water partition coefficient (Wildman–Crippen LogP) is 1.16. The van der Waals surface area contributed by atoms with Gasteiger partial charge >= 0.3 is 13.8 Å². The zero-order chi connectivity index (χ0) is 15.4. The van der Waals surface area contributed by atoms with Crippen molar-refractivity contribution in [2.75, 3.05) is 26.4 Å². The van der Waals surface area contributed by atoms with Gasteiger partial charge in [0.1, 0.15) is 6.10 Å². The molecule has 0 spiro atoms. The number of hydrogen-bond acceptors (Lipinski definition) is 6. The maximum atomic E-state index is 11.4. The van der Waals surface area contributed by atoms with Gasteiger partial charge in [0.2, 0.25) is 0 Å². The summed E-state index contributed by atoms with van der Waals surface area (Å²) < 4.78 is 25.9.